The van der Waals surface area contributed by atoms with E-state index in [0.717, 1.165) is 12.8 Å². The second-order valence-electron chi connectivity index (χ2n) is 8.74. The molecule has 4 atom stereocenters. The zero-order chi connectivity index (χ0) is 21.9. The van der Waals surface area contributed by atoms with Crippen molar-refractivity contribution in [2.75, 3.05) is 19.8 Å². The molecule has 0 radical (unpaired) electrons. The minimum Gasteiger partial charge on any atom is -0.394 e. The lowest BCUT2D eigenvalue weighted by Crippen LogP contribution is -2.41. The summed E-state index contributed by atoms with van der Waals surface area (Å²) in [6, 6.07) is 0. The Labute approximate surface area is 184 Å². The third-order valence-electron chi connectivity index (χ3n) is 5.97. The molecule has 0 aromatic carbocycles. The van der Waals surface area contributed by atoms with E-state index in [1.54, 1.807) is 0 Å². The van der Waals surface area contributed by atoms with Gasteiger partial charge in [-0.15, -0.1) is 0 Å². The van der Waals surface area contributed by atoms with Gasteiger partial charge in [-0.05, 0) is 32.1 Å². The third kappa shape index (κ3) is 13.1. The van der Waals surface area contributed by atoms with Crippen molar-refractivity contribution in [3.8, 4) is 0 Å². The van der Waals surface area contributed by atoms with Crippen molar-refractivity contribution in [3.63, 3.8) is 0 Å². The van der Waals surface area contributed by atoms with Crippen molar-refractivity contribution >= 4 is 0 Å². The molecule has 1 aliphatic heterocycles. The second kappa shape index (κ2) is 19.2. The zero-order valence-electron chi connectivity index (χ0n) is 19.4. The molecular weight excluding hydrogens is 380 g/mol. The average molecular weight is 429 g/mol. The van der Waals surface area contributed by atoms with Crippen LogP contribution in [0.3, 0.4) is 0 Å². The fraction of sp³-hybridized carbons (Fsp3) is 0.920. The van der Waals surface area contributed by atoms with Crippen LogP contribution < -0.4 is 0 Å². The fourth-order valence-electron chi connectivity index (χ4n) is 3.97. The first-order valence-corrected chi connectivity index (χ1v) is 12.6. The highest BCUT2D eigenvalue weighted by Gasteiger charge is 2.40. The summed E-state index contributed by atoms with van der Waals surface area (Å²) in [5.74, 6) is 0. The molecule has 5 heteroatoms. The van der Waals surface area contributed by atoms with E-state index in [4.69, 9.17) is 14.6 Å². The molecule has 0 unspecified atom stereocenters. The summed E-state index contributed by atoms with van der Waals surface area (Å²) in [6.45, 7) is 2.73. The normalized spacial score (nSPS) is 22.9. The highest BCUT2D eigenvalue weighted by molar-refractivity contribution is 4.88. The predicted molar refractivity (Wildman–Crippen MR) is 123 cm³/mol. The zero-order valence-corrected chi connectivity index (χ0v) is 19.4. The standard InChI is InChI=1S/C25H48O5/c1-2-3-4-5-6-7-8-9-10-11-12-13-14-15-16-17-18-19-29-23-21-30-25(24(23)28)22(27)20-26/h6-7,22-28H,2-5,8-21H2,1H3/b7-6+/t22-,23+,24+,25+/m0/s1. The van der Waals surface area contributed by atoms with Crippen LogP contribution in [-0.4, -0.2) is 59.6 Å². The van der Waals surface area contributed by atoms with Crippen molar-refractivity contribution in [3.05, 3.63) is 12.2 Å². The van der Waals surface area contributed by atoms with Crippen LogP contribution in [0.2, 0.25) is 0 Å². The lowest BCUT2D eigenvalue weighted by atomic mass is 10.1. The van der Waals surface area contributed by atoms with Gasteiger partial charge in [0.05, 0.1) is 13.2 Å². The van der Waals surface area contributed by atoms with Gasteiger partial charge in [-0.3, -0.25) is 0 Å². The van der Waals surface area contributed by atoms with Crippen molar-refractivity contribution in [2.24, 2.45) is 0 Å². The van der Waals surface area contributed by atoms with Crippen LogP contribution in [0.1, 0.15) is 103 Å². The van der Waals surface area contributed by atoms with Crippen LogP contribution in [0.4, 0.5) is 0 Å². The van der Waals surface area contributed by atoms with Crippen LogP contribution in [0.15, 0.2) is 12.2 Å². The van der Waals surface area contributed by atoms with E-state index < -0.39 is 31.0 Å². The van der Waals surface area contributed by atoms with Crippen molar-refractivity contribution in [2.45, 2.75) is 128 Å². The van der Waals surface area contributed by atoms with Gasteiger partial charge in [-0.25, -0.2) is 0 Å². The van der Waals surface area contributed by atoms with Crippen LogP contribution in [0, 0.1) is 0 Å². The van der Waals surface area contributed by atoms with Crippen molar-refractivity contribution < 1.29 is 24.8 Å². The Morgan fingerprint density at radius 2 is 1.40 bits per heavy atom. The van der Waals surface area contributed by atoms with E-state index in [9.17, 15) is 10.2 Å². The maximum absolute atomic E-state index is 10.1. The molecule has 1 saturated heterocycles. The molecule has 30 heavy (non-hydrogen) atoms. The molecule has 0 amide bonds. The number of hydrogen-bond donors (Lipinski definition) is 3. The van der Waals surface area contributed by atoms with Gasteiger partial charge in [0.1, 0.15) is 24.4 Å². The smallest absolute Gasteiger partial charge is 0.114 e. The van der Waals surface area contributed by atoms with E-state index in [0.29, 0.717) is 6.61 Å². The molecule has 3 N–H and O–H groups in total. The van der Waals surface area contributed by atoms with Gasteiger partial charge in [-0.2, -0.15) is 0 Å². The van der Waals surface area contributed by atoms with Crippen LogP contribution in [-0.2, 0) is 9.47 Å². The van der Waals surface area contributed by atoms with Gasteiger partial charge in [0.2, 0.25) is 0 Å². The van der Waals surface area contributed by atoms with Crippen LogP contribution in [0.5, 0.6) is 0 Å². The van der Waals surface area contributed by atoms with E-state index >= 15 is 0 Å². The Morgan fingerprint density at radius 1 is 0.867 bits per heavy atom. The average Bonchev–Trinajstić information content (AvgIpc) is 3.12. The van der Waals surface area contributed by atoms with Gasteiger partial charge in [0, 0.05) is 6.61 Å². The molecule has 0 aromatic rings. The first-order chi connectivity index (χ1) is 14.7. The van der Waals surface area contributed by atoms with Gasteiger partial charge >= 0.3 is 0 Å². The third-order valence-corrected chi connectivity index (χ3v) is 5.97. The maximum atomic E-state index is 10.1. The van der Waals surface area contributed by atoms with E-state index in [1.807, 2.05) is 0 Å². The molecule has 178 valence electrons. The first kappa shape index (κ1) is 27.6. The number of aliphatic hydroxyl groups excluding tert-OH is 3. The molecule has 1 aliphatic rings. The van der Waals surface area contributed by atoms with Crippen LogP contribution >= 0.6 is 0 Å². The number of aliphatic hydroxyl groups is 3. The summed E-state index contributed by atoms with van der Waals surface area (Å²) in [5, 5.41) is 28.6. The number of allylic oxidation sites excluding steroid dienone is 2. The maximum Gasteiger partial charge on any atom is 0.114 e. The van der Waals surface area contributed by atoms with E-state index in [2.05, 4.69) is 19.1 Å². The Kier molecular flexibility index (Phi) is 17.7. The monoisotopic (exact) mass is 428 g/mol. The molecule has 1 heterocycles. The van der Waals surface area contributed by atoms with E-state index in [1.165, 1.54) is 83.5 Å². The lowest BCUT2D eigenvalue weighted by Gasteiger charge is -2.20. The Bertz CT molecular complexity index is 401. The predicted octanol–water partition coefficient (Wildman–Crippen LogP) is 4.91. The number of rotatable bonds is 20. The molecule has 5 nitrogen and oxygen atoms in total. The van der Waals surface area contributed by atoms with Gasteiger partial charge in [0.25, 0.3) is 0 Å². The molecule has 0 bridgehead atoms. The number of ether oxygens (including phenoxy) is 2. The Balaban J connectivity index is 1.80. The largest absolute Gasteiger partial charge is 0.394 e. The number of hydrogen-bond acceptors (Lipinski definition) is 5. The van der Waals surface area contributed by atoms with Gasteiger partial charge in [-0.1, -0.05) is 83.3 Å². The summed E-state index contributed by atoms with van der Waals surface area (Å²) in [4.78, 5) is 0. The Hall–Kier alpha value is -0.460. The van der Waals surface area contributed by atoms with Gasteiger partial charge in [0.15, 0.2) is 0 Å². The second-order valence-corrected chi connectivity index (χ2v) is 8.74. The first-order valence-electron chi connectivity index (χ1n) is 12.6. The summed E-state index contributed by atoms with van der Waals surface area (Å²) in [7, 11) is 0. The van der Waals surface area contributed by atoms with E-state index in [-0.39, 0.29) is 6.61 Å². The molecule has 1 fully saturated rings. The molecule has 0 saturated carbocycles. The van der Waals surface area contributed by atoms with Crippen LogP contribution in [0.25, 0.3) is 0 Å². The molecule has 0 aromatic heterocycles. The molecule has 0 spiro atoms. The lowest BCUT2D eigenvalue weighted by molar-refractivity contribution is -0.0730. The minimum atomic E-state index is -1.05. The fourth-order valence-corrected chi connectivity index (χ4v) is 3.97. The highest BCUT2D eigenvalue weighted by Crippen LogP contribution is 2.20. The highest BCUT2D eigenvalue weighted by atomic mass is 16.6. The summed E-state index contributed by atoms with van der Waals surface area (Å²) in [6.07, 6.45) is 21.0. The SMILES string of the molecule is CCCCC/C=C/CCCCCCCCCCCCO[C@@H]1CO[C@H]([C@@H](O)CO)[C@@H]1O. The summed E-state index contributed by atoms with van der Waals surface area (Å²) < 4.78 is 11.0. The summed E-state index contributed by atoms with van der Waals surface area (Å²) in [5.41, 5.74) is 0. The van der Waals surface area contributed by atoms with Gasteiger partial charge < -0.3 is 24.8 Å². The Morgan fingerprint density at radius 3 is 1.97 bits per heavy atom. The topological polar surface area (TPSA) is 79.2 Å². The minimum absolute atomic E-state index is 0.276. The summed E-state index contributed by atoms with van der Waals surface area (Å²) >= 11 is 0. The quantitative estimate of drug-likeness (QED) is 0.190. The molecule has 1 rings (SSSR count). The number of unbranched alkanes of at least 4 members (excludes halogenated alkanes) is 13. The molecular formula is C25H48O5. The van der Waals surface area contributed by atoms with Crippen molar-refractivity contribution in [1.82, 2.24) is 0 Å². The molecule has 0 aliphatic carbocycles. The van der Waals surface area contributed by atoms with Crippen molar-refractivity contribution in [1.29, 1.82) is 0 Å².